The second-order valence-corrected chi connectivity index (χ2v) is 3.94. The van der Waals surface area contributed by atoms with Crippen LogP contribution >= 0.6 is 0 Å². The molecule has 13 heavy (non-hydrogen) atoms. The summed E-state index contributed by atoms with van der Waals surface area (Å²) >= 11 is 0. The van der Waals surface area contributed by atoms with Crippen molar-refractivity contribution in [3.8, 4) is 0 Å². The average Bonchev–Trinajstić information content (AvgIpc) is 2.11. The van der Waals surface area contributed by atoms with Gasteiger partial charge in [-0.25, -0.2) is 0 Å². The zero-order chi connectivity index (χ0) is 10.4. The minimum absolute atomic E-state index is 0.322. The molecule has 0 aromatic carbocycles. The standard InChI is InChI=1S/C10H22N2O/c1-6-11(4)7-10(9(2)3)12(5)8-13/h8-10H,6-7H2,1-5H3. The van der Waals surface area contributed by atoms with Gasteiger partial charge in [-0.05, 0) is 19.5 Å². The molecule has 0 heterocycles. The van der Waals surface area contributed by atoms with Gasteiger partial charge in [0.1, 0.15) is 0 Å². The molecule has 0 aliphatic carbocycles. The number of nitrogens with zero attached hydrogens (tertiary/aromatic N) is 2. The lowest BCUT2D eigenvalue weighted by Gasteiger charge is -2.31. The van der Waals surface area contributed by atoms with Crippen LogP contribution in [0.3, 0.4) is 0 Å². The molecule has 3 nitrogen and oxygen atoms in total. The van der Waals surface area contributed by atoms with Crippen LogP contribution in [0.5, 0.6) is 0 Å². The van der Waals surface area contributed by atoms with Crippen LogP contribution in [0.2, 0.25) is 0 Å². The summed E-state index contributed by atoms with van der Waals surface area (Å²) in [6.07, 6.45) is 0.911. The Morgan fingerprint density at radius 2 is 1.85 bits per heavy atom. The Morgan fingerprint density at radius 3 is 2.15 bits per heavy atom. The monoisotopic (exact) mass is 186 g/mol. The molecule has 0 radical (unpaired) electrons. The molecule has 0 N–H and O–H groups in total. The molecule has 0 aromatic heterocycles. The molecule has 0 spiro atoms. The molecule has 1 amide bonds. The van der Waals surface area contributed by atoms with Crippen LogP contribution in [0.25, 0.3) is 0 Å². The highest BCUT2D eigenvalue weighted by molar-refractivity contribution is 5.47. The summed E-state index contributed by atoms with van der Waals surface area (Å²) in [5.41, 5.74) is 0. The topological polar surface area (TPSA) is 23.6 Å². The maximum Gasteiger partial charge on any atom is 0.209 e. The van der Waals surface area contributed by atoms with Gasteiger partial charge in [0, 0.05) is 19.6 Å². The van der Waals surface area contributed by atoms with Crippen molar-refractivity contribution in [2.45, 2.75) is 26.8 Å². The highest BCUT2D eigenvalue weighted by atomic mass is 16.1. The van der Waals surface area contributed by atoms with Gasteiger partial charge in [0.05, 0.1) is 0 Å². The maximum absolute atomic E-state index is 10.6. The van der Waals surface area contributed by atoms with Gasteiger partial charge in [0.25, 0.3) is 0 Å². The molecule has 0 aromatic rings. The Bertz CT molecular complexity index is 148. The van der Waals surface area contributed by atoms with Crippen LogP contribution < -0.4 is 0 Å². The summed E-state index contributed by atoms with van der Waals surface area (Å²) in [7, 11) is 3.93. The van der Waals surface area contributed by atoms with E-state index in [4.69, 9.17) is 0 Å². The van der Waals surface area contributed by atoms with E-state index in [1.54, 1.807) is 4.90 Å². The van der Waals surface area contributed by atoms with Crippen molar-refractivity contribution in [3.63, 3.8) is 0 Å². The first-order valence-corrected chi connectivity index (χ1v) is 4.88. The van der Waals surface area contributed by atoms with E-state index in [2.05, 4.69) is 32.7 Å². The second-order valence-electron chi connectivity index (χ2n) is 3.94. The van der Waals surface area contributed by atoms with E-state index in [0.717, 1.165) is 19.5 Å². The van der Waals surface area contributed by atoms with Crippen LogP contribution in [0.15, 0.2) is 0 Å². The van der Waals surface area contributed by atoms with E-state index >= 15 is 0 Å². The molecule has 1 atom stereocenters. The third kappa shape index (κ3) is 4.27. The molecule has 0 aliphatic rings. The van der Waals surface area contributed by atoms with Crippen molar-refractivity contribution in [1.82, 2.24) is 9.80 Å². The SMILES string of the molecule is CCN(C)CC(C(C)C)N(C)C=O. The molecule has 0 bridgehead atoms. The smallest absolute Gasteiger partial charge is 0.209 e. The van der Waals surface area contributed by atoms with Crippen molar-refractivity contribution < 1.29 is 4.79 Å². The Kier molecular flexibility index (Phi) is 5.71. The van der Waals surface area contributed by atoms with Gasteiger partial charge in [-0.15, -0.1) is 0 Å². The van der Waals surface area contributed by atoms with Gasteiger partial charge < -0.3 is 9.80 Å². The predicted molar refractivity (Wildman–Crippen MR) is 55.6 cm³/mol. The molecule has 0 saturated heterocycles. The summed E-state index contributed by atoms with van der Waals surface area (Å²) in [4.78, 5) is 14.6. The second kappa shape index (κ2) is 5.97. The van der Waals surface area contributed by atoms with Crippen molar-refractivity contribution >= 4 is 6.41 Å². The zero-order valence-corrected chi connectivity index (χ0v) is 9.45. The largest absolute Gasteiger partial charge is 0.344 e. The van der Waals surface area contributed by atoms with Crippen molar-refractivity contribution in [3.05, 3.63) is 0 Å². The fourth-order valence-electron chi connectivity index (χ4n) is 1.34. The highest BCUT2D eigenvalue weighted by Gasteiger charge is 2.18. The summed E-state index contributed by atoms with van der Waals surface area (Å²) in [6, 6.07) is 0.322. The molecular weight excluding hydrogens is 164 g/mol. The normalized spacial score (nSPS) is 13.5. The zero-order valence-electron chi connectivity index (χ0n) is 9.45. The molecule has 0 fully saturated rings. The minimum atomic E-state index is 0.322. The number of likely N-dealkylation sites (N-methyl/N-ethyl adjacent to an activating group) is 2. The Balaban J connectivity index is 4.17. The van der Waals surface area contributed by atoms with Crippen molar-refractivity contribution in [2.24, 2.45) is 5.92 Å². The maximum atomic E-state index is 10.6. The van der Waals surface area contributed by atoms with E-state index in [1.165, 1.54) is 0 Å². The number of rotatable bonds is 6. The van der Waals surface area contributed by atoms with Crippen LogP contribution in [-0.2, 0) is 4.79 Å². The predicted octanol–water partition coefficient (Wildman–Crippen LogP) is 1.05. The molecular formula is C10H22N2O. The van der Waals surface area contributed by atoms with Crippen molar-refractivity contribution in [2.75, 3.05) is 27.2 Å². The van der Waals surface area contributed by atoms with E-state index < -0.39 is 0 Å². The first-order valence-electron chi connectivity index (χ1n) is 4.88. The van der Waals surface area contributed by atoms with Crippen molar-refractivity contribution in [1.29, 1.82) is 0 Å². The quantitative estimate of drug-likeness (QED) is 0.579. The Labute approximate surface area is 81.7 Å². The first kappa shape index (κ1) is 12.4. The molecule has 0 aliphatic heterocycles. The number of hydrogen-bond donors (Lipinski definition) is 0. The van der Waals surface area contributed by atoms with Gasteiger partial charge in [-0.2, -0.15) is 0 Å². The van der Waals surface area contributed by atoms with E-state index in [0.29, 0.717) is 12.0 Å². The fourth-order valence-corrected chi connectivity index (χ4v) is 1.34. The van der Waals surface area contributed by atoms with E-state index in [-0.39, 0.29) is 0 Å². The molecule has 0 saturated carbocycles. The lowest BCUT2D eigenvalue weighted by molar-refractivity contribution is -0.119. The number of carbonyl (C=O) groups excluding carboxylic acids is 1. The Hall–Kier alpha value is -0.570. The Morgan fingerprint density at radius 1 is 1.31 bits per heavy atom. The third-order valence-electron chi connectivity index (χ3n) is 2.50. The summed E-state index contributed by atoms with van der Waals surface area (Å²) in [5.74, 6) is 0.504. The lowest BCUT2D eigenvalue weighted by atomic mass is 10.0. The number of carbonyl (C=O) groups is 1. The summed E-state index contributed by atoms with van der Waals surface area (Å²) in [5, 5.41) is 0. The van der Waals surface area contributed by atoms with Gasteiger partial charge in [-0.3, -0.25) is 4.79 Å². The van der Waals surface area contributed by atoms with Gasteiger partial charge in [0.2, 0.25) is 6.41 Å². The molecule has 78 valence electrons. The molecule has 0 rings (SSSR count). The van der Waals surface area contributed by atoms with Crippen LogP contribution in [-0.4, -0.2) is 49.4 Å². The lowest BCUT2D eigenvalue weighted by Crippen LogP contribution is -2.43. The molecule has 1 unspecified atom stereocenters. The number of hydrogen-bond acceptors (Lipinski definition) is 2. The van der Waals surface area contributed by atoms with Crippen LogP contribution in [0, 0.1) is 5.92 Å². The van der Waals surface area contributed by atoms with E-state index in [1.807, 2.05) is 7.05 Å². The van der Waals surface area contributed by atoms with Crippen LogP contribution in [0.4, 0.5) is 0 Å². The first-order chi connectivity index (χ1) is 6.02. The van der Waals surface area contributed by atoms with Gasteiger partial charge >= 0.3 is 0 Å². The minimum Gasteiger partial charge on any atom is -0.344 e. The van der Waals surface area contributed by atoms with Crippen LogP contribution in [0.1, 0.15) is 20.8 Å². The highest BCUT2D eigenvalue weighted by Crippen LogP contribution is 2.08. The van der Waals surface area contributed by atoms with E-state index in [9.17, 15) is 4.79 Å². The van der Waals surface area contributed by atoms with Gasteiger partial charge in [-0.1, -0.05) is 20.8 Å². The summed E-state index contributed by atoms with van der Waals surface area (Å²) < 4.78 is 0. The molecule has 3 heteroatoms. The third-order valence-corrected chi connectivity index (χ3v) is 2.50. The number of amides is 1. The summed E-state index contributed by atoms with van der Waals surface area (Å²) in [6.45, 7) is 8.39. The average molecular weight is 186 g/mol. The fraction of sp³-hybridized carbons (Fsp3) is 0.900. The van der Waals surface area contributed by atoms with Gasteiger partial charge in [0.15, 0.2) is 0 Å².